The fraction of sp³-hybridized carbons (Fsp3) is 1.00. The van der Waals surface area contributed by atoms with E-state index in [-0.39, 0.29) is 6.61 Å². The Kier molecular flexibility index (Phi) is 15.6. The van der Waals surface area contributed by atoms with Crippen LogP contribution in [0, 0.1) is 17.8 Å². The van der Waals surface area contributed by atoms with Crippen molar-refractivity contribution in [2.75, 3.05) is 19.8 Å². The van der Waals surface area contributed by atoms with Crippen LogP contribution in [-0.4, -0.2) is 117 Å². The van der Waals surface area contributed by atoms with Gasteiger partial charge in [-0.3, -0.25) is 0 Å². The van der Waals surface area contributed by atoms with Gasteiger partial charge in [-0.25, -0.2) is 0 Å². The molecule has 0 aromatic carbocycles. The quantitative estimate of drug-likeness (QED) is 0.132. The van der Waals surface area contributed by atoms with Crippen molar-refractivity contribution < 1.29 is 54.7 Å². The van der Waals surface area contributed by atoms with Crippen LogP contribution >= 0.6 is 0 Å². The normalized spacial score (nSPS) is 37.2. The van der Waals surface area contributed by atoms with Gasteiger partial charge in [0.15, 0.2) is 12.6 Å². The topological polar surface area (TPSA) is 179 Å². The first-order chi connectivity index (χ1) is 18.5. The Morgan fingerprint density at radius 3 is 1.74 bits per heavy atom. The first-order valence-corrected chi connectivity index (χ1v) is 14.7. The van der Waals surface area contributed by atoms with Crippen molar-refractivity contribution in [2.24, 2.45) is 17.8 Å². The molecule has 0 amide bonds. The largest absolute Gasteiger partial charge is 0.394 e. The minimum atomic E-state index is -1.61. The second-order valence-corrected chi connectivity index (χ2v) is 11.8. The van der Waals surface area contributed by atoms with Crippen LogP contribution in [0.15, 0.2) is 0 Å². The molecule has 0 bridgehead atoms. The van der Waals surface area contributed by atoms with Crippen LogP contribution < -0.4 is 0 Å². The maximum absolute atomic E-state index is 10.4. The van der Waals surface area contributed by atoms with E-state index >= 15 is 0 Å². The van der Waals surface area contributed by atoms with Crippen LogP contribution in [0.1, 0.15) is 79.1 Å². The molecule has 39 heavy (non-hydrogen) atoms. The highest BCUT2D eigenvalue weighted by Gasteiger charge is 2.47. The molecule has 2 aliphatic rings. The van der Waals surface area contributed by atoms with Gasteiger partial charge in [-0.1, -0.05) is 72.6 Å². The van der Waals surface area contributed by atoms with E-state index in [2.05, 4.69) is 27.7 Å². The summed E-state index contributed by atoms with van der Waals surface area (Å²) in [6.45, 7) is 8.32. The van der Waals surface area contributed by atoms with Crippen molar-refractivity contribution in [3.63, 3.8) is 0 Å². The van der Waals surface area contributed by atoms with Gasteiger partial charge in [0.1, 0.15) is 48.8 Å². The lowest BCUT2D eigenvalue weighted by Crippen LogP contribution is -2.61. The molecule has 2 aliphatic heterocycles. The molecule has 2 rings (SSSR count). The Balaban J connectivity index is 1.78. The lowest BCUT2D eigenvalue weighted by Gasteiger charge is -2.42. The molecule has 11 heteroatoms. The van der Waals surface area contributed by atoms with E-state index in [4.69, 9.17) is 18.9 Å². The number of hydrogen-bond donors (Lipinski definition) is 7. The van der Waals surface area contributed by atoms with Crippen molar-refractivity contribution >= 4 is 0 Å². The SMILES string of the molecule is CCC(CCCC(C)CCCC(C)C)CCOC1OC(COC2OC(CO)C(O)C(O)C2O)C(O)C(O)C1O. The van der Waals surface area contributed by atoms with Crippen LogP contribution in [0.4, 0.5) is 0 Å². The number of rotatable bonds is 17. The highest BCUT2D eigenvalue weighted by atomic mass is 16.7. The van der Waals surface area contributed by atoms with Crippen molar-refractivity contribution in [3.05, 3.63) is 0 Å². The highest BCUT2D eigenvalue weighted by molar-refractivity contribution is 4.91. The molecule has 2 heterocycles. The predicted molar refractivity (Wildman–Crippen MR) is 142 cm³/mol. The maximum atomic E-state index is 10.4. The van der Waals surface area contributed by atoms with Crippen LogP contribution in [0.5, 0.6) is 0 Å². The molecule has 0 spiro atoms. The summed E-state index contributed by atoms with van der Waals surface area (Å²) in [6.07, 6.45) is -5.06. The minimum Gasteiger partial charge on any atom is -0.394 e. The predicted octanol–water partition coefficient (Wildman–Crippen LogP) is 0.676. The van der Waals surface area contributed by atoms with Crippen LogP contribution in [0.25, 0.3) is 0 Å². The number of aliphatic hydroxyl groups excluding tert-OH is 7. The fourth-order valence-electron chi connectivity index (χ4n) is 5.26. The second kappa shape index (κ2) is 17.5. The Hall–Kier alpha value is -0.440. The number of aliphatic hydroxyl groups is 7. The molecule has 232 valence electrons. The van der Waals surface area contributed by atoms with E-state index in [0.29, 0.717) is 12.5 Å². The summed E-state index contributed by atoms with van der Waals surface area (Å²) in [7, 11) is 0. The summed E-state index contributed by atoms with van der Waals surface area (Å²) in [5, 5.41) is 70.4. The van der Waals surface area contributed by atoms with E-state index in [1.165, 1.54) is 25.7 Å². The molecular formula is C28H54O11. The first kappa shape index (κ1) is 34.8. The van der Waals surface area contributed by atoms with E-state index in [0.717, 1.165) is 37.5 Å². The summed E-state index contributed by atoms with van der Waals surface area (Å²) in [5.41, 5.74) is 0. The third-order valence-electron chi connectivity index (χ3n) is 8.11. The van der Waals surface area contributed by atoms with Gasteiger partial charge in [-0.15, -0.1) is 0 Å². The Morgan fingerprint density at radius 2 is 1.18 bits per heavy atom. The molecule has 12 atom stereocenters. The van der Waals surface area contributed by atoms with Crippen LogP contribution in [0.2, 0.25) is 0 Å². The molecular weight excluding hydrogens is 512 g/mol. The Morgan fingerprint density at radius 1 is 0.641 bits per heavy atom. The van der Waals surface area contributed by atoms with Crippen LogP contribution in [0.3, 0.4) is 0 Å². The summed E-state index contributed by atoms with van der Waals surface area (Å²) in [5.74, 6) is 1.94. The van der Waals surface area contributed by atoms with Gasteiger partial charge in [-0.05, 0) is 24.2 Å². The number of ether oxygens (including phenoxy) is 4. The molecule has 0 radical (unpaired) electrons. The zero-order valence-corrected chi connectivity index (χ0v) is 24.0. The Bertz CT molecular complexity index is 651. The van der Waals surface area contributed by atoms with Crippen molar-refractivity contribution in [2.45, 2.75) is 140 Å². The average molecular weight is 567 g/mol. The van der Waals surface area contributed by atoms with Gasteiger partial charge in [0.25, 0.3) is 0 Å². The molecule has 2 fully saturated rings. The van der Waals surface area contributed by atoms with E-state index < -0.39 is 68.0 Å². The van der Waals surface area contributed by atoms with E-state index in [9.17, 15) is 35.7 Å². The van der Waals surface area contributed by atoms with Crippen LogP contribution in [-0.2, 0) is 18.9 Å². The van der Waals surface area contributed by atoms with Gasteiger partial charge in [0.2, 0.25) is 0 Å². The lowest BCUT2D eigenvalue weighted by atomic mass is 9.91. The van der Waals surface area contributed by atoms with Crippen molar-refractivity contribution in [3.8, 4) is 0 Å². The third kappa shape index (κ3) is 10.7. The molecule has 0 saturated carbocycles. The smallest absolute Gasteiger partial charge is 0.186 e. The van der Waals surface area contributed by atoms with Crippen molar-refractivity contribution in [1.82, 2.24) is 0 Å². The zero-order valence-electron chi connectivity index (χ0n) is 24.0. The summed E-state index contributed by atoms with van der Waals surface area (Å²) >= 11 is 0. The molecule has 0 aromatic heterocycles. The third-order valence-corrected chi connectivity index (χ3v) is 8.11. The fourth-order valence-corrected chi connectivity index (χ4v) is 5.26. The lowest BCUT2D eigenvalue weighted by molar-refractivity contribution is -0.331. The summed E-state index contributed by atoms with van der Waals surface area (Å²) < 4.78 is 22.2. The standard InChI is InChI=1S/C28H54O11/c1-5-18(11-7-10-17(4)9-6-8-16(2)3)12-13-36-27-25(34)24(33)22(31)20(39-27)15-37-28-26(35)23(32)21(30)19(14-29)38-28/h16-35H,5-15H2,1-4H3. The monoisotopic (exact) mass is 566 g/mol. The van der Waals surface area contributed by atoms with Gasteiger partial charge in [-0.2, -0.15) is 0 Å². The molecule has 0 aromatic rings. The van der Waals surface area contributed by atoms with E-state index in [1.54, 1.807) is 0 Å². The summed E-state index contributed by atoms with van der Waals surface area (Å²) in [6, 6.07) is 0. The molecule has 7 N–H and O–H groups in total. The van der Waals surface area contributed by atoms with Gasteiger partial charge < -0.3 is 54.7 Å². The highest BCUT2D eigenvalue weighted by Crippen LogP contribution is 2.27. The van der Waals surface area contributed by atoms with Gasteiger partial charge in [0.05, 0.1) is 19.8 Å². The second-order valence-electron chi connectivity index (χ2n) is 11.8. The zero-order chi connectivity index (χ0) is 29.1. The van der Waals surface area contributed by atoms with Gasteiger partial charge in [0, 0.05) is 0 Å². The van der Waals surface area contributed by atoms with E-state index in [1.807, 2.05) is 0 Å². The molecule has 0 aliphatic carbocycles. The molecule has 12 unspecified atom stereocenters. The first-order valence-electron chi connectivity index (χ1n) is 14.7. The minimum absolute atomic E-state index is 0.313. The maximum Gasteiger partial charge on any atom is 0.186 e. The number of hydrogen-bond acceptors (Lipinski definition) is 11. The van der Waals surface area contributed by atoms with Gasteiger partial charge >= 0.3 is 0 Å². The average Bonchev–Trinajstić information content (AvgIpc) is 2.90. The summed E-state index contributed by atoms with van der Waals surface area (Å²) in [4.78, 5) is 0. The molecule has 11 nitrogen and oxygen atoms in total. The molecule has 2 saturated heterocycles. The van der Waals surface area contributed by atoms with Crippen molar-refractivity contribution in [1.29, 1.82) is 0 Å². The Labute approximate surface area is 233 Å².